The van der Waals surface area contributed by atoms with E-state index in [0.717, 1.165) is 11.6 Å². The van der Waals surface area contributed by atoms with Gasteiger partial charge in [0.05, 0.1) is 35.2 Å². The van der Waals surface area contributed by atoms with Gasteiger partial charge in [-0.25, -0.2) is 0 Å². The maximum absolute atomic E-state index is 13.2. The summed E-state index contributed by atoms with van der Waals surface area (Å²) in [5, 5.41) is 11.3. The fourth-order valence-electron chi connectivity index (χ4n) is 3.87. The molecule has 2 heterocycles. The molecule has 34 heavy (non-hydrogen) atoms. The van der Waals surface area contributed by atoms with E-state index in [1.165, 1.54) is 22.8 Å². The van der Waals surface area contributed by atoms with Crippen LogP contribution in [0.2, 0.25) is 0 Å². The number of aromatic nitrogens is 4. The zero-order valence-electron chi connectivity index (χ0n) is 18.8. The summed E-state index contributed by atoms with van der Waals surface area (Å²) in [5.74, 6) is 0.279. The lowest BCUT2D eigenvalue weighted by molar-refractivity contribution is -0.137. The number of carbonyl (C=O) groups excluding carboxylic acids is 1. The highest BCUT2D eigenvalue weighted by Crippen LogP contribution is 2.34. The molecule has 2 aromatic carbocycles. The van der Waals surface area contributed by atoms with Crippen molar-refractivity contribution in [2.45, 2.75) is 26.6 Å². The fourth-order valence-corrected chi connectivity index (χ4v) is 3.87. The van der Waals surface area contributed by atoms with Gasteiger partial charge in [-0.2, -0.15) is 13.2 Å². The van der Waals surface area contributed by atoms with E-state index in [-0.39, 0.29) is 24.3 Å². The van der Waals surface area contributed by atoms with Crippen LogP contribution < -0.4 is 10.9 Å². The standard InChI is InChI=1S/C23H23F3N6O2/c1-4-31(13-20(33)27-17-8-6-5-7-16(17)23(24,25)26)12-19-28-29-22-30(3)21(34)15-11-14(2)9-10-18(15)32(19)22/h5-11H,4,12-13H2,1-3H3,(H,27,33). The number of hydrogen-bond donors (Lipinski definition) is 1. The van der Waals surface area contributed by atoms with E-state index in [9.17, 15) is 22.8 Å². The normalized spacial score (nSPS) is 12.1. The maximum Gasteiger partial charge on any atom is 0.418 e. The number of benzene rings is 2. The van der Waals surface area contributed by atoms with Crippen molar-refractivity contribution in [1.29, 1.82) is 0 Å². The van der Waals surface area contributed by atoms with Crippen LogP contribution in [0.15, 0.2) is 47.3 Å². The van der Waals surface area contributed by atoms with Crippen LogP contribution in [-0.4, -0.2) is 43.1 Å². The van der Waals surface area contributed by atoms with Crippen LogP contribution in [-0.2, 0) is 24.6 Å². The number of aryl methyl sites for hydroxylation is 2. The van der Waals surface area contributed by atoms with Gasteiger partial charge in [0.15, 0.2) is 5.82 Å². The molecular formula is C23H23F3N6O2. The second-order valence-electron chi connectivity index (χ2n) is 8.03. The summed E-state index contributed by atoms with van der Waals surface area (Å²) in [6, 6.07) is 10.3. The molecule has 0 radical (unpaired) electrons. The number of fused-ring (bicyclic) bond motifs is 3. The van der Waals surface area contributed by atoms with Gasteiger partial charge < -0.3 is 5.32 Å². The lowest BCUT2D eigenvalue weighted by Crippen LogP contribution is -2.34. The Hall–Kier alpha value is -3.73. The Morgan fingerprint density at radius 1 is 1.15 bits per heavy atom. The van der Waals surface area contributed by atoms with E-state index in [0.29, 0.717) is 29.0 Å². The third-order valence-electron chi connectivity index (χ3n) is 5.63. The quantitative estimate of drug-likeness (QED) is 0.465. The van der Waals surface area contributed by atoms with Crippen molar-refractivity contribution in [2.24, 2.45) is 7.05 Å². The summed E-state index contributed by atoms with van der Waals surface area (Å²) in [7, 11) is 1.61. The minimum absolute atomic E-state index is 0.152. The smallest absolute Gasteiger partial charge is 0.324 e. The lowest BCUT2D eigenvalue weighted by atomic mass is 10.1. The minimum atomic E-state index is -4.58. The van der Waals surface area contributed by atoms with Crippen molar-refractivity contribution >= 4 is 28.3 Å². The van der Waals surface area contributed by atoms with Crippen molar-refractivity contribution in [1.82, 2.24) is 24.1 Å². The van der Waals surface area contributed by atoms with E-state index < -0.39 is 17.6 Å². The number of likely N-dealkylation sites (N-methyl/N-ethyl adjacent to an activating group) is 1. The minimum Gasteiger partial charge on any atom is -0.324 e. The highest BCUT2D eigenvalue weighted by molar-refractivity contribution is 5.93. The molecule has 8 nitrogen and oxygen atoms in total. The second-order valence-corrected chi connectivity index (χ2v) is 8.03. The predicted octanol–water partition coefficient (Wildman–Crippen LogP) is 3.37. The predicted molar refractivity (Wildman–Crippen MR) is 121 cm³/mol. The number of para-hydroxylation sites is 1. The molecule has 1 N–H and O–H groups in total. The van der Waals surface area contributed by atoms with Crippen molar-refractivity contribution in [3.63, 3.8) is 0 Å². The van der Waals surface area contributed by atoms with Gasteiger partial charge in [0.2, 0.25) is 11.7 Å². The number of alkyl halides is 3. The fraction of sp³-hybridized carbons (Fsp3) is 0.304. The van der Waals surface area contributed by atoms with Crippen molar-refractivity contribution in [3.05, 3.63) is 69.8 Å². The van der Waals surface area contributed by atoms with Crippen LogP contribution in [0.4, 0.5) is 18.9 Å². The van der Waals surface area contributed by atoms with Gasteiger partial charge in [-0.3, -0.25) is 23.5 Å². The number of hydrogen-bond acceptors (Lipinski definition) is 5. The van der Waals surface area contributed by atoms with Gasteiger partial charge in [0.25, 0.3) is 5.56 Å². The highest BCUT2D eigenvalue weighted by atomic mass is 19.4. The maximum atomic E-state index is 13.2. The monoisotopic (exact) mass is 472 g/mol. The van der Waals surface area contributed by atoms with E-state index in [2.05, 4.69) is 15.5 Å². The molecule has 2 aromatic heterocycles. The zero-order valence-corrected chi connectivity index (χ0v) is 18.8. The molecule has 0 atom stereocenters. The molecule has 0 aliphatic carbocycles. The van der Waals surface area contributed by atoms with Crippen molar-refractivity contribution in [3.8, 4) is 0 Å². The summed E-state index contributed by atoms with van der Waals surface area (Å²) >= 11 is 0. The Labute approximate surface area is 192 Å². The van der Waals surface area contributed by atoms with Gasteiger partial charge in [-0.1, -0.05) is 30.7 Å². The first kappa shape index (κ1) is 23.4. The summed E-state index contributed by atoms with van der Waals surface area (Å²) in [6.45, 7) is 4.21. The van der Waals surface area contributed by atoms with E-state index >= 15 is 0 Å². The van der Waals surface area contributed by atoms with Gasteiger partial charge in [0, 0.05) is 7.05 Å². The topological polar surface area (TPSA) is 84.5 Å². The van der Waals surface area contributed by atoms with Crippen LogP contribution in [0.25, 0.3) is 16.7 Å². The number of anilines is 1. The van der Waals surface area contributed by atoms with Gasteiger partial charge in [0.1, 0.15) is 0 Å². The number of carbonyl (C=O) groups is 1. The molecule has 11 heteroatoms. The molecule has 0 aliphatic rings. The van der Waals surface area contributed by atoms with Crippen molar-refractivity contribution in [2.75, 3.05) is 18.4 Å². The third-order valence-corrected chi connectivity index (χ3v) is 5.63. The molecule has 0 aliphatic heterocycles. The largest absolute Gasteiger partial charge is 0.418 e. The molecule has 0 saturated carbocycles. The van der Waals surface area contributed by atoms with Crippen LogP contribution in [0.3, 0.4) is 0 Å². The molecule has 4 aromatic rings. The number of rotatable bonds is 6. The Balaban J connectivity index is 1.61. The first-order valence-corrected chi connectivity index (χ1v) is 10.6. The van der Waals surface area contributed by atoms with Crippen LogP contribution >= 0.6 is 0 Å². The molecule has 1 amide bonds. The average Bonchev–Trinajstić information content (AvgIpc) is 3.20. The van der Waals surface area contributed by atoms with Gasteiger partial charge >= 0.3 is 6.18 Å². The number of nitrogens with zero attached hydrogens (tertiary/aromatic N) is 5. The Morgan fingerprint density at radius 3 is 2.59 bits per heavy atom. The first-order valence-electron chi connectivity index (χ1n) is 10.6. The number of halogens is 3. The molecule has 0 spiro atoms. The Morgan fingerprint density at radius 2 is 1.88 bits per heavy atom. The van der Waals surface area contributed by atoms with Gasteiger partial charge in [-0.05, 0) is 37.7 Å². The molecule has 0 fully saturated rings. The average molecular weight is 472 g/mol. The zero-order chi connectivity index (χ0) is 24.6. The molecular weight excluding hydrogens is 449 g/mol. The molecule has 4 rings (SSSR count). The summed E-state index contributed by atoms with van der Waals surface area (Å²) in [6.07, 6.45) is -4.58. The number of nitrogens with one attached hydrogen (secondary N) is 1. The summed E-state index contributed by atoms with van der Waals surface area (Å²) in [4.78, 5) is 27.1. The SMILES string of the molecule is CCN(CC(=O)Nc1ccccc1C(F)(F)F)Cc1nnc2n(C)c(=O)c3cc(C)ccc3n12. The van der Waals surface area contributed by atoms with Crippen molar-refractivity contribution < 1.29 is 18.0 Å². The van der Waals surface area contributed by atoms with Crippen LogP contribution in [0.1, 0.15) is 23.9 Å². The second kappa shape index (κ2) is 8.90. The molecule has 0 unspecified atom stereocenters. The van der Waals surface area contributed by atoms with Crippen LogP contribution in [0.5, 0.6) is 0 Å². The number of amides is 1. The molecule has 0 saturated heterocycles. The molecule has 178 valence electrons. The highest BCUT2D eigenvalue weighted by Gasteiger charge is 2.33. The van der Waals surface area contributed by atoms with E-state index in [4.69, 9.17) is 0 Å². The van der Waals surface area contributed by atoms with Gasteiger partial charge in [-0.15, -0.1) is 10.2 Å². The summed E-state index contributed by atoms with van der Waals surface area (Å²) < 4.78 is 42.9. The molecule has 0 bridgehead atoms. The lowest BCUT2D eigenvalue weighted by Gasteiger charge is -2.20. The Kier molecular flexibility index (Phi) is 6.13. The third kappa shape index (κ3) is 4.38. The van der Waals surface area contributed by atoms with E-state index in [1.807, 2.05) is 26.0 Å². The first-order chi connectivity index (χ1) is 16.1. The van der Waals surface area contributed by atoms with E-state index in [1.54, 1.807) is 22.4 Å². The summed E-state index contributed by atoms with van der Waals surface area (Å²) in [5.41, 5.74) is 0.186. The Bertz CT molecular complexity index is 1440. The van der Waals surface area contributed by atoms with Crippen LogP contribution in [0, 0.1) is 6.92 Å².